The summed E-state index contributed by atoms with van der Waals surface area (Å²) in [4.78, 5) is 45.7. The Kier molecular flexibility index (Phi) is 8.10. The Morgan fingerprint density at radius 1 is 1.28 bits per heavy atom. The Morgan fingerprint density at radius 3 is 2.22 bits per heavy atom. The average Bonchev–Trinajstić information content (AvgIpc) is 2.80. The van der Waals surface area contributed by atoms with Gasteiger partial charge in [0.25, 0.3) is 5.69 Å². The number of nitrogens with zero attached hydrogens (tertiary/aromatic N) is 2. The summed E-state index contributed by atoms with van der Waals surface area (Å²) >= 11 is 0. The fourth-order valence-corrected chi connectivity index (χ4v) is 4.87. The zero-order valence-electron chi connectivity index (χ0n) is 19.3. The van der Waals surface area contributed by atoms with E-state index in [2.05, 4.69) is 11.9 Å². The molecule has 1 fully saturated rings. The second kappa shape index (κ2) is 10.9. The number of fused-ring (bicyclic) bond motifs is 2. The maximum atomic E-state index is 12.7. The highest BCUT2D eigenvalue weighted by Crippen LogP contribution is 2.38. The molecule has 5 rings (SSSR count). The van der Waals surface area contributed by atoms with Crippen LogP contribution in [0.15, 0.2) is 60.7 Å². The third-order valence-electron chi connectivity index (χ3n) is 5.20. The first-order valence-corrected chi connectivity index (χ1v) is 12.4. The maximum Gasteiger partial charge on any atom is 0.333 e. The van der Waals surface area contributed by atoms with E-state index in [4.69, 9.17) is 20.2 Å². The van der Waals surface area contributed by atoms with Gasteiger partial charge in [0.1, 0.15) is 18.1 Å². The molecule has 0 aliphatic carbocycles. The van der Waals surface area contributed by atoms with Crippen LogP contribution in [0.1, 0.15) is 25.8 Å². The molecule has 3 aliphatic heterocycles. The number of carbonyl (C=O) groups excluding carboxylic acids is 3. The molecule has 0 aromatic heterocycles. The molecule has 3 heterocycles. The lowest BCUT2D eigenvalue weighted by Gasteiger charge is -2.51. The van der Waals surface area contributed by atoms with Gasteiger partial charge in [-0.2, -0.15) is 0 Å². The number of hydrogen-bond donors (Lipinski definition) is 1. The van der Waals surface area contributed by atoms with Gasteiger partial charge in [0.15, 0.2) is 16.1 Å². The van der Waals surface area contributed by atoms with E-state index in [0.717, 1.165) is 23.3 Å². The molecule has 1 saturated heterocycles. The number of nitro groups is 1. The second-order valence-electron chi connectivity index (χ2n) is 7.99. The zero-order valence-corrected chi connectivity index (χ0v) is 20.8. The molecule has 13 heteroatoms. The van der Waals surface area contributed by atoms with Gasteiger partial charge < -0.3 is 14.8 Å². The number of likely N-dealkylation sites (tertiary alicyclic amines) is 1. The van der Waals surface area contributed by atoms with Crippen molar-refractivity contribution in [2.24, 2.45) is 0 Å². The van der Waals surface area contributed by atoms with Crippen LogP contribution in [0, 0.1) is 10.1 Å². The second-order valence-corrected chi connectivity index (χ2v) is 9.95. The number of β-lactam (4-membered cyclic amide) rings is 1. The Bertz CT molecular complexity index is 1230. The van der Waals surface area contributed by atoms with Gasteiger partial charge in [0.05, 0.1) is 11.3 Å². The quantitative estimate of drug-likeness (QED) is 0.115. The lowest BCUT2D eigenvalue weighted by atomic mass is 9.99. The van der Waals surface area contributed by atoms with Crippen molar-refractivity contribution in [3.8, 4) is 11.5 Å². The minimum absolute atomic E-state index is 0.115. The van der Waals surface area contributed by atoms with E-state index in [1.165, 1.54) is 31.2 Å². The Balaban J connectivity index is 0.000000433. The minimum atomic E-state index is -2.22. The summed E-state index contributed by atoms with van der Waals surface area (Å²) < 4.78 is 22.3. The summed E-state index contributed by atoms with van der Waals surface area (Å²) in [7, 11) is 3.51. The maximum absolute atomic E-state index is 12.7. The van der Waals surface area contributed by atoms with E-state index >= 15 is 0 Å². The van der Waals surface area contributed by atoms with Crippen molar-refractivity contribution in [2.75, 3.05) is 0 Å². The number of halogens is 1. The molecule has 0 radical (unpaired) electrons. The Labute approximate surface area is 213 Å². The fourth-order valence-electron chi connectivity index (χ4n) is 3.55. The standard InChI is InChI=1S/C17H18ClN3O7S.C6H4O/c1-10(2)15(20-14(23)8-17(20,29(18)27)19-11(3)22)16(24)28-9-12-4-6-13(7-5-12)21(25)26;1-2-5-4-6(3-1)7-5/h4-7,15H,1,8-9H2,2-3H3,(H,19,22);1-4H. The molecule has 3 atom stereocenters. The van der Waals surface area contributed by atoms with Crippen LogP contribution in [0.3, 0.4) is 0 Å². The molecule has 2 amide bonds. The van der Waals surface area contributed by atoms with Gasteiger partial charge >= 0.3 is 5.97 Å². The number of hydrogen-bond acceptors (Lipinski definition) is 8. The molecule has 36 heavy (non-hydrogen) atoms. The molecule has 190 valence electrons. The molecule has 0 saturated carbocycles. The number of nitro benzene ring substituents is 1. The van der Waals surface area contributed by atoms with Crippen molar-refractivity contribution >= 4 is 44.2 Å². The van der Waals surface area contributed by atoms with E-state index in [-0.39, 0.29) is 24.3 Å². The zero-order chi connectivity index (χ0) is 26.6. The van der Waals surface area contributed by atoms with Crippen LogP contribution < -0.4 is 10.1 Å². The highest BCUT2D eigenvalue weighted by molar-refractivity contribution is 8.09. The third-order valence-corrected chi connectivity index (χ3v) is 6.94. The van der Waals surface area contributed by atoms with Crippen LogP contribution in [0.4, 0.5) is 5.69 Å². The predicted octanol–water partition coefficient (Wildman–Crippen LogP) is 3.30. The molecule has 3 unspecified atom stereocenters. The Hall–Kier alpha value is -3.77. The van der Waals surface area contributed by atoms with Gasteiger partial charge in [0, 0.05) is 25.1 Å². The van der Waals surface area contributed by atoms with Crippen LogP contribution in [0.25, 0.3) is 0 Å². The summed E-state index contributed by atoms with van der Waals surface area (Å²) in [5, 5.41) is 13.1. The fraction of sp³-hybridized carbons (Fsp3) is 0.261. The first-order valence-electron chi connectivity index (χ1n) is 10.5. The van der Waals surface area contributed by atoms with Crippen LogP contribution in [-0.4, -0.2) is 42.9 Å². The molecular weight excluding hydrogens is 514 g/mol. The van der Waals surface area contributed by atoms with E-state index in [1.807, 2.05) is 24.3 Å². The lowest BCUT2D eigenvalue weighted by molar-refractivity contribution is -0.384. The SMILES string of the molecule is C=C(C)C(C(=O)OCc1ccc([N+](=O)[O-])cc1)N1C(=O)CC1(NC(C)=O)S(=O)Cl.c1cc2cc(c1)O2. The van der Waals surface area contributed by atoms with E-state index in [1.54, 1.807) is 0 Å². The predicted molar refractivity (Wildman–Crippen MR) is 130 cm³/mol. The first kappa shape index (κ1) is 26.8. The van der Waals surface area contributed by atoms with Crippen molar-refractivity contribution < 1.29 is 33.0 Å². The first-order chi connectivity index (χ1) is 16.9. The van der Waals surface area contributed by atoms with Crippen molar-refractivity contribution in [2.45, 2.75) is 37.9 Å². The van der Waals surface area contributed by atoms with Crippen molar-refractivity contribution in [3.63, 3.8) is 0 Å². The van der Waals surface area contributed by atoms with Gasteiger partial charge in [-0.25, -0.2) is 9.00 Å². The third kappa shape index (κ3) is 5.71. The van der Waals surface area contributed by atoms with Crippen molar-refractivity contribution in [1.29, 1.82) is 0 Å². The number of carbonyl (C=O) groups is 3. The van der Waals surface area contributed by atoms with Crippen LogP contribution >= 0.6 is 10.7 Å². The number of amides is 2. The summed E-state index contributed by atoms with van der Waals surface area (Å²) in [6.07, 6.45) is -0.345. The largest absolute Gasteiger partial charge is 0.459 e. The van der Waals surface area contributed by atoms with Gasteiger partial charge in [0.2, 0.25) is 16.8 Å². The van der Waals surface area contributed by atoms with Gasteiger partial charge in [-0.1, -0.05) is 12.6 Å². The summed E-state index contributed by atoms with van der Waals surface area (Å²) in [5.74, 6) is -0.0556. The Morgan fingerprint density at radius 2 is 1.86 bits per heavy atom. The molecule has 3 aliphatic rings. The van der Waals surface area contributed by atoms with Gasteiger partial charge in [-0.15, -0.1) is 0 Å². The monoisotopic (exact) mass is 535 g/mol. The number of non-ortho nitro benzene ring substituents is 1. The molecular formula is C23H22ClN3O8S. The number of benzene rings is 2. The van der Waals surface area contributed by atoms with E-state index < -0.39 is 43.8 Å². The summed E-state index contributed by atoms with van der Waals surface area (Å²) in [5.41, 5.74) is 0.577. The number of esters is 1. The number of nitrogens with one attached hydrogen (secondary N) is 1. The number of ether oxygens (including phenoxy) is 2. The average molecular weight is 536 g/mol. The molecule has 2 bridgehead atoms. The lowest BCUT2D eigenvalue weighted by Crippen LogP contribution is -2.76. The van der Waals surface area contributed by atoms with Crippen LogP contribution in [0.5, 0.6) is 11.5 Å². The van der Waals surface area contributed by atoms with Crippen LogP contribution in [0.2, 0.25) is 0 Å². The number of rotatable bonds is 8. The molecule has 11 nitrogen and oxygen atoms in total. The van der Waals surface area contributed by atoms with Crippen molar-refractivity contribution in [1.82, 2.24) is 10.2 Å². The summed E-state index contributed by atoms with van der Waals surface area (Å²) in [6, 6.07) is 11.9. The molecule has 1 N–H and O–H groups in total. The smallest absolute Gasteiger partial charge is 0.333 e. The molecule has 2 aromatic rings. The van der Waals surface area contributed by atoms with E-state index in [0.29, 0.717) is 5.56 Å². The summed E-state index contributed by atoms with van der Waals surface area (Å²) in [6.45, 7) is 6.09. The highest BCUT2D eigenvalue weighted by Gasteiger charge is 2.60. The van der Waals surface area contributed by atoms with Gasteiger partial charge in [-0.05, 0) is 53.0 Å². The minimum Gasteiger partial charge on any atom is -0.459 e. The van der Waals surface area contributed by atoms with Gasteiger partial charge in [-0.3, -0.25) is 24.6 Å². The molecule has 2 aromatic carbocycles. The van der Waals surface area contributed by atoms with Crippen molar-refractivity contribution in [3.05, 3.63) is 76.4 Å². The molecule has 0 spiro atoms. The topological polar surface area (TPSA) is 145 Å². The highest BCUT2D eigenvalue weighted by atomic mass is 35.7. The normalized spacial score (nSPS) is 18.6. The van der Waals surface area contributed by atoms with E-state index in [9.17, 15) is 28.7 Å². The van der Waals surface area contributed by atoms with Crippen LogP contribution in [-0.2, 0) is 35.7 Å².